The van der Waals surface area contributed by atoms with Gasteiger partial charge in [0.05, 0.1) is 25.4 Å². The molecule has 11 nitrogen and oxygen atoms in total. The minimum atomic E-state index is -4.42. The average molecular weight is 796 g/mol. The van der Waals surface area contributed by atoms with Crippen LogP contribution in [-0.4, -0.2) is 71.7 Å². The number of carbonyl (C=O) groups excluding carboxylic acids is 2. The zero-order valence-corrected chi connectivity index (χ0v) is 34.7. The lowest BCUT2D eigenvalue weighted by atomic mass is 10.0. The number of esters is 2. The highest BCUT2D eigenvalue weighted by molar-refractivity contribution is 7.47. The lowest BCUT2D eigenvalue weighted by Gasteiger charge is -2.19. The maximum atomic E-state index is 12.5. The van der Waals surface area contributed by atoms with Gasteiger partial charge in [-0.25, -0.2) is 4.57 Å². The number of phosphoric ester groups is 1. The van der Waals surface area contributed by atoms with Crippen molar-refractivity contribution in [3.8, 4) is 0 Å². The molecule has 0 aliphatic heterocycles. The summed E-state index contributed by atoms with van der Waals surface area (Å²) in [5, 5.41) is 19.2. The van der Waals surface area contributed by atoms with Crippen molar-refractivity contribution in [1.82, 2.24) is 0 Å². The first kappa shape index (κ1) is 52.4. The van der Waals surface area contributed by atoms with Gasteiger partial charge in [0.15, 0.2) is 6.10 Å². The smallest absolute Gasteiger partial charge is 0.462 e. The molecule has 0 spiro atoms. The predicted molar refractivity (Wildman–Crippen MR) is 222 cm³/mol. The van der Waals surface area contributed by atoms with Crippen LogP contribution in [0.4, 0.5) is 0 Å². The Hall–Kier alpha value is -2.63. The van der Waals surface area contributed by atoms with E-state index in [0.717, 1.165) is 32.1 Å². The summed E-state index contributed by atoms with van der Waals surface area (Å²) in [5.74, 6) is -0.975. The molecule has 0 aliphatic rings. The van der Waals surface area contributed by atoms with Crippen molar-refractivity contribution in [2.24, 2.45) is 5.73 Å². The Morgan fingerprint density at radius 1 is 0.673 bits per heavy atom. The van der Waals surface area contributed by atoms with E-state index in [1.54, 1.807) is 19.1 Å². The van der Waals surface area contributed by atoms with Crippen LogP contribution >= 0.6 is 7.82 Å². The van der Waals surface area contributed by atoms with E-state index in [1.165, 1.54) is 57.8 Å². The van der Waals surface area contributed by atoms with Crippen LogP contribution in [0.15, 0.2) is 72.9 Å². The Morgan fingerprint density at radius 2 is 1.25 bits per heavy atom. The van der Waals surface area contributed by atoms with Gasteiger partial charge in [0, 0.05) is 19.4 Å². The zero-order valence-electron chi connectivity index (χ0n) is 33.9. The fraction of sp³-hybridized carbons (Fsp3) is 0.674. The van der Waals surface area contributed by atoms with E-state index in [1.807, 2.05) is 60.8 Å². The molecule has 4 atom stereocenters. The Bertz CT molecular complexity index is 1160. The van der Waals surface area contributed by atoms with E-state index in [-0.39, 0.29) is 32.6 Å². The maximum absolute atomic E-state index is 12.5. The summed E-state index contributed by atoms with van der Waals surface area (Å²) in [5.41, 5.74) is 5.33. The number of hydrogen-bond donors (Lipinski definition) is 4. The largest absolute Gasteiger partial charge is 0.472 e. The third kappa shape index (κ3) is 39.4. The molecular weight excluding hydrogens is 721 g/mol. The second kappa shape index (κ2) is 38.3. The Morgan fingerprint density at radius 3 is 1.89 bits per heavy atom. The Labute approximate surface area is 332 Å². The maximum Gasteiger partial charge on any atom is 0.472 e. The first-order chi connectivity index (χ1) is 26.6. The highest BCUT2D eigenvalue weighted by atomic mass is 31.2. The molecule has 0 radical (unpaired) electrons. The van der Waals surface area contributed by atoms with E-state index in [0.29, 0.717) is 25.7 Å². The summed E-state index contributed by atoms with van der Waals surface area (Å²) in [6.07, 6.45) is 39.7. The number of ether oxygens (including phenoxy) is 2. The molecule has 0 aliphatic carbocycles. The van der Waals surface area contributed by atoms with Gasteiger partial charge < -0.3 is 30.3 Å². The first-order valence-corrected chi connectivity index (χ1v) is 22.1. The van der Waals surface area contributed by atoms with Crippen LogP contribution in [0.25, 0.3) is 0 Å². The van der Waals surface area contributed by atoms with Crippen molar-refractivity contribution in [3.05, 3.63) is 72.9 Å². The normalized spacial score (nSPS) is 15.2. The van der Waals surface area contributed by atoms with Crippen LogP contribution in [0.5, 0.6) is 0 Å². The summed E-state index contributed by atoms with van der Waals surface area (Å²) in [6, 6.07) is 0. The molecule has 0 saturated carbocycles. The van der Waals surface area contributed by atoms with Gasteiger partial charge in [-0.1, -0.05) is 157 Å². The number of phosphoric acid groups is 1. The molecule has 12 heteroatoms. The molecule has 0 aromatic rings. The van der Waals surface area contributed by atoms with Gasteiger partial charge in [-0.15, -0.1) is 0 Å². The summed E-state index contributed by atoms with van der Waals surface area (Å²) < 4.78 is 32.6. The fourth-order valence-corrected chi connectivity index (χ4v) is 5.93. The highest BCUT2D eigenvalue weighted by Crippen LogP contribution is 2.43. The molecule has 5 N–H and O–H groups in total. The Kier molecular flexibility index (Phi) is 36.4. The topological polar surface area (TPSA) is 175 Å². The molecule has 0 rings (SSSR count). The van der Waals surface area contributed by atoms with Crippen molar-refractivity contribution in [2.75, 3.05) is 26.4 Å². The van der Waals surface area contributed by atoms with Crippen LogP contribution in [0.3, 0.4) is 0 Å². The molecule has 0 aromatic carbocycles. The molecule has 0 bridgehead atoms. The van der Waals surface area contributed by atoms with Gasteiger partial charge in [-0.3, -0.25) is 18.6 Å². The van der Waals surface area contributed by atoms with Crippen molar-refractivity contribution >= 4 is 19.8 Å². The molecule has 0 saturated heterocycles. The van der Waals surface area contributed by atoms with Crippen molar-refractivity contribution < 1.29 is 47.8 Å². The molecule has 0 fully saturated rings. The fourth-order valence-electron chi connectivity index (χ4n) is 5.17. The van der Waals surface area contributed by atoms with Crippen molar-refractivity contribution in [3.63, 3.8) is 0 Å². The lowest BCUT2D eigenvalue weighted by molar-refractivity contribution is -0.161. The third-order valence-electron chi connectivity index (χ3n) is 8.21. The van der Waals surface area contributed by atoms with Gasteiger partial charge in [-0.05, 0) is 45.4 Å². The minimum Gasteiger partial charge on any atom is -0.462 e. The minimum absolute atomic E-state index is 0.0262. The quantitative estimate of drug-likeness (QED) is 0.0155. The van der Waals surface area contributed by atoms with Gasteiger partial charge in [0.25, 0.3) is 0 Å². The number of unbranched alkanes of at least 4 members (excludes halogenated alkanes) is 12. The van der Waals surface area contributed by atoms with Crippen LogP contribution in [-0.2, 0) is 32.7 Å². The molecule has 55 heavy (non-hydrogen) atoms. The molecule has 0 heterocycles. The van der Waals surface area contributed by atoms with Crippen LogP contribution < -0.4 is 5.73 Å². The summed E-state index contributed by atoms with van der Waals surface area (Å²) in [4.78, 5) is 34.8. The molecule has 0 amide bonds. The number of rotatable bonds is 37. The summed E-state index contributed by atoms with van der Waals surface area (Å²) in [6.45, 7) is 3.00. The second-order valence-corrected chi connectivity index (χ2v) is 15.1. The van der Waals surface area contributed by atoms with Gasteiger partial charge in [-0.2, -0.15) is 0 Å². The number of aliphatic hydroxyl groups excluding tert-OH is 2. The zero-order chi connectivity index (χ0) is 40.7. The highest BCUT2D eigenvalue weighted by Gasteiger charge is 2.25. The van der Waals surface area contributed by atoms with E-state index < -0.39 is 44.7 Å². The van der Waals surface area contributed by atoms with Crippen molar-refractivity contribution in [2.45, 2.75) is 161 Å². The Balaban J connectivity index is 4.40. The molecular formula is C43H74NO10P. The number of hydrogen-bond acceptors (Lipinski definition) is 10. The third-order valence-corrected chi connectivity index (χ3v) is 9.20. The van der Waals surface area contributed by atoms with E-state index >= 15 is 0 Å². The van der Waals surface area contributed by atoms with Crippen molar-refractivity contribution in [1.29, 1.82) is 0 Å². The van der Waals surface area contributed by atoms with Gasteiger partial charge in [0.1, 0.15) is 6.61 Å². The molecule has 0 aromatic heterocycles. The van der Waals surface area contributed by atoms with Crippen LogP contribution in [0.2, 0.25) is 0 Å². The number of nitrogens with two attached hydrogens (primary N) is 1. The SMILES string of the molecule is CCCCCCCCCCCCCCCC(=O)OCC(COP(=O)(O)OCCN)OC(=O)CC/C=C/C/C=C/C/C=C/C=C\C(O)C/C=C/C/C=C\C(C)O. The second-order valence-electron chi connectivity index (χ2n) is 13.6. The van der Waals surface area contributed by atoms with Gasteiger partial charge in [0.2, 0.25) is 0 Å². The summed E-state index contributed by atoms with van der Waals surface area (Å²) in [7, 11) is -4.42. The number of allylic oxidation sites excluding steroid dienone is 9. The van der Waals surface area contributed by atoms with Crippen LogP contribution in [0, 0.1) is 0 Å². The van der Waals surface area contributed by atoms with E-state index in [4.69, 9.17) is 24.3 Å². The lowest BCUT2D eigenvalue weighted by Crippen LogP contribution is -2.29. The van der Waals surface area contributed by atoms with E-state index in [9.17, 15) is 29.3 Å². The summed E-state index contributed by atoms with van der Waals surface area (Å²) >= 11 is 0. The van der Waals surface area contributed by atoms with E-state index in [2.05, 4.69) is 6.92 Å². The molecule has 4 unspecified atom stereocenters. The van der Waals surface area contributed by atoms with Gasteiger partial charge >= 0.3 is 19.8 Å². The average Bonchev–Trinajstić information content (AvgIpc) is 3.15. The van der Waals surface area contributed by atoms with Crippen LogP contribution in [0.1, 0.15) is 142 Å². The number of aliphatic hydroxyl groups is 2. The number of carbonyl (C=O) groups is 2. The standard InChI is InChI=1S/C43H74NO10P/c1-3-4-5-6-7-8-9-10-11-15-18-21-28-33-42(47)51-37-41(38-53-55(49,50)52-36-35-44)54-43(48)34-29-22-19-16-13-12-14-17-20-26-31-40(46)32-27-24-23-25-30-39(2)45/h12-13,17,19-20,22,24-27,30-31,39-41,45-46H,3-11,14-16,18,21,23,28-29,32-38,44H2,1-2H3,(H,49,50)/b13-12+,20-17+,22-19+,27-24+,30-25-,31-26-. The molecule has 316 valence electrons. The predicted octanol–water partition coefficient (Wildman–Crippen LogP) is 9.43. The monoisotopic (exact) mass is 796 g/mol. The first-order valence-electron chi connectivity index (χ1n) is 20.6.